The van der Waals surface area contributed by atoms with Crippen LogP contribution in [0.3, 0.4) is 0 Å². The summed E-state index contributed by atoms with van der Waals surface area (Å²) in [5.74, 6) is 0.427. The topological polar surface area (TPSA) is 49.4 Å². The van der Waals surface area contributed by atoms with Crippen molar-refractivity contribution in [3.8, 4) is 0 Å². The number of nitrogens with zero attached hydrogens (tertiary/aromatic N) is 1. The van der Waals surface area contributed by atoms with E-state index in [1.54, 1.807) is 11.9 Å². The lowest BCUT2D eigenvalue weighted by Crippen LogP contribution is -2.49. The highest BCUT2D eigenvalue weighted by Crippen LogP contribution is 2.17. The number of amides is 2. The molecule has 4 heteroatoms. The van der Waals surface area contributed by atoms with Gasteiger partial charge in [0.1, 0.15) is 6.04 Å². The van der Waals surface area contributed by atoms with Crippen LogP contribution in [0.25, 0.3) is 0 Å². The van der Waals surface area contributed by atoms with Crippen molar-refractivity contribution < 1.29 is 9.59 Å². The Morgan fingerprint density at radius 2 is 1.55 bits per heavy atom. The first-order valence-electron chi connectivity index (χ1n) is 10.6. The third-order valence-electron chi connectivity index (χ3n) is 5.39. The van der Waals surface area contributed by atoms with Gasteiger partial charge in [-0.25, -0.2) is 0 Å². The molecule has 0 bridgehead atoms. The smallest absolute Gasteiger partial charge is 0.242 e. The summed E-state index contributed by atoms with van der Waals surface area (Å²) in [5, 5.41) is 2.71. The van der Waals surface area contributed by atoms with E-state index in [0.29, 0.717) is 31.7 Å². The van der Waals surface area contributed by atoms with Crippen molar-refractivity contribution in [2.45, 2.75) is 58.4 Å². The average molecular weight is 395 g/mol. The Bertz CT molecular complexity index is 769. The molecule has 0 fully saturated rings. The van der Waals surface area contributed by atoms with E-state index in [1.807, 2.05) is 25.1 Å². The number of likely N-dealkylation sites (N-methyl/N-ethyl adjacent to an activating group) is 1. The first-order chi connectivity index (χ1) is 14.0. The van der Waals surface area contributed by atoms with Gasteiger partial charge in [-0.15, -0.1) is 0 Å². The normalized spacial score (nSPS) is 11.9. The molecule has 0 aliphatic carbocycles. The molecule has 2 aromatic carbocycles. The highest BCUT2D eigenvalue weighted by molar-refractivity contribution is 5.87. The maximum Gasteiger partial charge on any atom is 0.242 e. The molecule has 0 aliphatic rings. The summed E-state index contributed by atoms with van der Waals surface area (Å²) >= 11 is 0. The van der Waals surface area contributed by atoms with E-state index in [2.05, 4.69) is 55.6 Å². The lowest BCUT2D eigenvalue weighted by molar-refractivity contribution is -0.140. The van der Waals surface area contributed by atoms with Crippen LogP contribution in [-0.4, -0.2) is 36.3 Å². The van der Waals surface area contributed by atoms with Gasteiger partial charge in [-0.3, -0.25) is 9.59 Å². The summed E-state index contributed by atoms with van der Waals surface area (Å²) < 4.78 is 0. The zero-order chi connectivity index (χ0) is 21.2. The van der Waals surface area contributed by atoms with Gasteiger partial charge < -0.3 is 10.2 Å². The molecule has 2 aromatic rings. The minimum atomic E-state index is -0.431. The number of carbonyl (C=O) groups is 2. The Hall–Kier alpha value is -2.62. The molecule has 0 heterocycles. The van der Waals surface area contributed by atoms with Gasteiger partial charge in [0.15, 0.2) is 0 Å². The second kappa shape index (κ2) is 11.4. The quantitative estimate of drug-likeness (QED) is 0.652. The number of hydrogen-bond acceptors (Lipinski definition) is 2. The molecule has 0 unspecified atom stereocenters. The molecular formula is C25H34N2O2. The third-order valence-corrected chi connectivity index (χ3v) is 5.39. The van der Waals surface area contributed by atoms with Gasteiger partial charge >= 0.3 is 0 Å². The van der Waals surface area contributed by atoms with Gasteiger partial charge in [-0.1, -0.05) is 75.4 Å². The predicted molar refractivity (Wildman–Crippen MR) is 119 cm³/mol. The second-order valence-electron chi connectivity index (χ2n) is 7.76. The molecule has 0 spiro atoms. The average Bonchev–Trinajstić information content (AvgIpc) is 2.75. The van der Waals surface area contributed by atoms with Crippen molar-refractivity contribution in [2.24, 2.45) is 0 Å². The molecule has 0 saturated carbocycles. The SMILES string of the molecule is CC[C@@H](C(=O)NC)N(CCc1ccccc1)C(=O)CCc1ccc(C(C)C)cc1. The fourth-order valence-electron chi connectivity index (χ4n) is 3.53. The summed E-state index contributed by atoms with van der Waals surface area (Å²) in [7, 11) is 1.63. The number of benzene rings is 2. The van der Waals surface area contributed by atoms with Gasteiger partial charge in [-0.2, -0.15) is 0 Å². The molecule has 1 atom stereocenters. The zero-order valence-electron chi connectivity index (χ0n) is 18.2. The fourth-order valence-corrected chi connectivity index (χ4v) is 3.53. The van der Waals surface area contributed by atoms with Crippen LogP contribution in [0.5, 0.6) is 0 Å². The van der Waals surface area contributed by atoms with Crippen LogP contribution in [0.2, 0.25) is 0 Å². The number of carbonyl (C=O) groups excluding carboxylic acids is 2. The standard InChI is InChI=1S/C25H34N2O2/c1-5-23(25(29)26-4)27(18-17-20-9-7-6-8-10-20)24(28)16-13-21-11-14-22(15-12-21)19(2)3/h6-12,14-15,19,23H,5,13,16-18H2,1-4H3,(H,26,29)/t23-/m0/s1. The van der Waals surface area contributed by atoms with Gasteiger partial charge in [0.05, 0.1) is 0 Å². The summed E-state index contributed by atoms with van der Waals surface area (Å²) in [6, 6.07) is 18.1. The van der Waals surface area contributed by atoms with Gasteiger partial charge in [-0.05, 0) is 41.9 Å². The summed E-state index contributed by atoms with van der Waals surface area (Å²) in [5.41, 5.74) is 3.62. The lowest BCUT2D eigenvalue weighted by Gasteiger charge is -2.30. The Kier molecular flexibility index (Phi) is 8.91. The van der Waals surface area contributed by atoms with Crippen molar-refractivity contribution in [3.05, 3.63) is 71.3 Å². The van der Waals surface area contributed by atoms with Crippen LogP contribution in [0.1, 0.15) is 56.2 Å². The van der Waals surface area contributed by atoms with Crippen molar-refractivity contribution in [1.29, 1.82) is 0 Å². The molecule has 0 aromatic heterocycles. The number of hydrogen-bond donors (Lipinski definition) is 1. The third kappa shape index (κ3) is 6.74. The van der Waals surface area contributed by atoms with Gasteiger partial charge in [0.2, 0.25) is 11.8 Å². The highest BCUT2D eigenvalue weighted by Gasteiger charge is 2.27. The molecule has 0 aliphatic heterocycles. The molecular weight excluding hydrogens is 360 g/mol. The Morgan fingerprint density at radius 1 is 0.931 bits per heavy atom. The molecule has 2 rings (SSSR count). The molecule has 29 heavy (non-hydrogen) atoms. The summed E-state index contributed by atoms with van der Waals surface area (Å²) in [4.78, 5) is 27.2. The molecule has 156 valence electrons. The predicted octanol–water partition coefficient (Wildman–Crippen LogP) is 4.34. The van der Waals surface area contributed by atoms with Gasteiger partial charge in [0, 0.05) is 20.0 Å². The van der Waals surface area contributed by atoms with Crippen LogP contribution in [0, 0.1) is 0 Å². The van der Waals surface area contributed by atoms with Crippen molar-refractivity contribution in [3.63, 3.8) is 0 Å². The Labute approximate surface area is 175 Å². The Balaban J connectivity index is 2.07. The summed E-state index contributed by atoms with van der Waals surface area (Å²) in [6.45, 7) is 6.84. The lowest BCUT2D eigenvalue weighted by atomic mass is 10.00. The fraction of sp³-hybridized carbons (Fsp3) is 0.440. The number of aryl methyl sites for hydroxylation is 1. The minimum Gasteiger partial charge on any atom is -0.357 e. The molecule has 2 amide bonds. The van der Waals surface area contributed by atoms with Crippen LogP contribution >= 0.6 is 0 Å². The van der Waals surface area contributed by atoms with E-state index in [0.717, 1.165) is 12.0 Å². The van der Waals surface area contributed by atoms with Crippen LogP contribution in [-0.2, 0) is 22.4 Å². The molecule has 0 saturated heterocycles. The van der Waals surface area contributed by atoms with E-state index in [-0.39, 0.29) is 11.8 Å². The van der Waals surface area contributed by atoms with E-state index < -0.39 is 6.04 Å². The van der Waals surface area contributed by atoms with E-state index in [4.69, 9.17) is 0 Å². The first kappa shape index (κ1) is 22.7. The van der Waals surface area contributed by atoms with E-state index in [9.17, 15) is 9.59 Å². The monoisotopic (exact) mass is 394 g/mol. The molecule has 1 N–H and O–H groups in total. The maximum atomic E-state index is 13.1. The zero-order valence-corrected chi connectivity index (χ0v) is 18.2. The van der Waals surface area contributed by atoms with Crippen LogP contribution in [0.15, 0.2) is 54.6 Å². The second-order valence-corrected chi connectivity index (χ2v) is 7.76. The van der Waals surface area contributed by atoms with Crippen molar-refractivity contribution >= 4 is 11.8 Å². The molecule has 0 radical (unpaired) electrons. The van der Waals surface area contributed by atoms with Crippen molar-refractivity contribution in [2.75, 3.05) is 13.6 Å². The number of nitrogens with one attached hydrogen (secondary N) is 1. The van der Waals surface area contributed by atoms with Crippen LogP contribution < -0.4 is 5.32 Å². The van der Waals surface area contributed by atoms with Crippen LogP contribution in [0.4, 0.5) is 0 Å². The maximum absolute atomic E-state index is 13.1. The van der Waals surface area contributed by atoms with Crippen molar-refractivity contribution in [1.82, 2.24) is 10.2 Å². The first-order valence-corrected chi connectivity index (χ1v) is 10.6. The van der Waals surface area contributed by atoms with E-state index >= 15 is 0 Å². The molecule has 4 nitrogen and oxygen atoms in total. The number of rotatable bonds is 10. The highest BCUT2D eigenvalue weighted by atomic mass is 16.2. The minimum absolute atomic E-state index is 0.0318. The van der Waals surface area contributed by atoms with Gasteiger partial charge in [0.25, 0.3) is 0 Å². The Morgan fingerprint density at radius 3 is 2.10 bits per heavy atom. The largest absolute Gasteiger partial charge is 0.357 e. The summed E-state index contributed by atoms with van der Waals surface area (Å²) in [6.07, 6.45) is 2.43. The van der Waals surface area contributed by atoms with E-state index in [1.165, 1.54) is 11.1 Å².